The van der Waals surface area contributed by atoms with E-state index in [0.29, 0.717) is 42.1 Å². The highest BCUT2D eigenvalue weighted by atomic mass is 35.5. The zero-order chi connectivity index (χ0) is 19.2. The molecule has 1 saturated heterocycles. The Labute approximate surface area is 167 Å². The molecule has 1 aliphatic rings. The third-order valence-electron chi connectivity index (χ3n) is 4.13. The first kappa shape index (κ1) is 19.9. The van der Waals surface area contributed by atoms with Gasteiger partial charge < -0.3 is 14.2 Å². The summed E-state index contributed by atoms with van der Waals surface area (Å²) in [4.78, 5) is 14.5. The largest absolute Gasteiger partial charge is 0.476 e. The fourth-order valence-corrected chi connectivity index (χ4v) is 3.12. The Morgan fingerprint density at radius 2 is 2.07 bits per heavy atom. The highest BCUT2D eigenvalue weighted by Gasteiger charge is 2.23. The van der Waals surface area contributed by atoms with Gasteiger partial charge in [-0.3, -0.25) is 4.90 Å². The third kappa shape index (κ3) is 4.73. The lowest BCUT2D eigenvalue weighted by Gasteiger charge is -2.26. The number of carbonyl (C=O) groups is 1. The topological polar surface area (TPSA) is 65.8 Å². The maximum Gasteiger partial charge on any atom is 0.345 e. The van der Waals surface area contributed by atoms with Gasteiger partial charge in [0.25, 0.3) is 0 Å². The fraction of sp³-hybridized carbons (Fsp3) is 0.444. The first-order chi connectivity index (χ1) is 13.1. The number of nitrogens with zero attached hydrogens (tertiary/aromatic N) is 3. The van der Waals surface area contributed by atoms with E-state index in [2.05, 4.69) is 10.00 Å². The molecule has 0 radical (unpaired) electrons. The first-order valence-electron chi connectivity index (χ1n) is 8.74. The van der Waals surface area contributed by atoms with E-state index in [1.165, 1.54) is 10.9 Å². The Balaban J connectivity index is 1.84. The van der Waals surface area contributed by atoms with Gasteiger partial charge in [0.1, 0.15) is 12.2 Å². The molecule has 0 atom stereocenters. The van der Waals surface area contributed by atoms with Gasteiger partial charge >= 0.3 is 5.97 Å². The zero-order valence-electron chi connectivity index (χ0n) is 15.0. The summed E-state index contributed by atoms with van der Waals surface area (Å²) in [5.74, 6) is -0.214. The Bertz CT molecular complexity index is 791. The minimum Gasteiger partial charge on any atom is -0.476 e. The van der Waals surface area contributed by atoms with E-state index in [1.807, 2.05) is 0 Å². The first-order valence-corrected chi connectivity index (χ1v) is 9.49. The van der Waals surface area contributed by atoms with Crippen molar-refractivity contribution in [2.45, 2.75) is 6.92 Å². The second kappa shape index (κ2) is 9.41. The molecule has 0 N–H and O–H groups in total. The van der Waals surface area contributed by atoms with Crippen molar-refractivity contribution in [2.75, 3.05) is 46.1 Å². The Morgan fingerprint density at radius 1 is 1.30 bits per heavy atom. The summed E-state index contributed by atoms with van der Waals surface area (Å²) in [6.45, 7) is 6.23. The normalized spacial score (nSPS) is 14.9. The summed E-state index contributed by atoms with van der Waals surface area (Å²) in [7, 11) is 0. The number of benzene rings is 1. The third-order valence-corrected chi connectivity index (χ3v) is 4.94. The van der Waals surface area contributed by atoms with Crippen LogP contribution in [-0.4, -0.2) is 66.7 Å². The standard InChI is InChI=1S/C18H21Cl2N3O4/c1-2-26-18(24)13-12-21-23(15-5-3-4-14(19)16(15)20)17(13)27-11-8-22-6-9-25-10-7-22/h3-5,12H,2,6-11H2,1H3. The number of hydrogen-bond acceptors (Lipinski definition) is 6. The maximum atomic E-state index is 12.3. The van der Waals surface area contributed by atoms with Gasteiger partial charge in [-0.15, -0.1) is 0 Å². The van der Waals surface area contributed by atoms with Gasteiger partial charge in [-0.05, 0) is 19.1 Å². The van der Waals surface area contributed by atoms with E-state index in [1.54, 1.807) is 25.1 Å². The smallest absolute Gasteiger partial charge is 0.345 e. The maximum absolute atomic E-state index is 12.3. The van der Waals surface area contributed by atoms with Crippen LogP contribution in [0.25, 0.3) is 5.69 Å². The van der Waals surface area contributed by atoms with Crippen LogP contribution in [0.1, 0.15) is 17.3 Å². The van der Waals surface area contributed by atoms with Crippen molar-refractivity contribution < 1.29 is 19.0 Å². The number of ether oxygens (including phenoxy) is 3. The van der Waals surface area contributed by atoms with Gasteiger partial charge in [0.2, 0.25) is 5.88 Å². The molecule has 0 spiro atoms. The number of aromatic nitrogens is 2. The van der Waals surface area contributed by atoms with Crippen LogP contribution < -0.4 is 4.74 Å². The summed E-state index contributed by atoms with van der Waals surface area (Å²) in [6.07, 6.45) is 1.42. The molecule has 146 valence electrons. The molecule has 2 aromatic rings. The summed E-state index contributed by atoms with van der Waals surface area (Å²) in [5.41, 5.74) is 0.774. The van der Waals surface area contributed by atoms with Gasteiger partial charge in [0.05, 0.1) is 41.8 Å². The average Bonchev–Trinajstić information content (AvgIpc) is 3.09. The lowest BCUT2D eigenvalue weighted by molar-refractivity contribution is 0.0316. The molecule has 1 aromatic carbocycles. The molecule has 1 aliphatic heterocycles. The molecule has 0 aliphatic carbocycles. The summed E-state index contributed by atoms with van der Waals surface area (Å²) in [5, 5.41) is 4.99. The van der Waals surface area contributed by atoms with Crippen molar-refractivity contribution in [3.63, 3.8) is 0 Å². The van der Waals surface area contributed by atoms with Gasteiger partial charge in [0, 0.05) is 19.6 Å². The summed E-state index contributed by atoms with van der Waals surface area (Å²) >= 11 is 12.4. The predicted octanol–water partition coefficient (Wildman–Crippen LogP) is 3.07. The molecule has 2 heterocycles. The summed E-state index contributed by atoms with van der Waals surface area (Å²) in [6, 6.07) is 5.19. The van der Waals surface area contributed by atoms with Gasteiger partial charge in [-0.2, -0.15) is 9.78 Å². The van der Waals surface area contributed by atoms with Crippen molar-refractivity contribution in [1.29, 1.82) is 0 Å². The van der Waals surface area contributed by atoms with Crippen LogP contribution in [0.5, 0.6) is 5.88 Å². The predicted molar refractivity (Wildman–Crippen MR) is 102 cm³/mol. The van der Waals surface area contributed by atoms with Gasteiger partial charge in [-0.1, -0.05) is 29.3 Å². The second-order valence-corrected chi connectivity index (χ2v) is 6.66. The molecular weight excluding hydrogens is 393 g/mol. The van der Waals surface area contributed by atoms with Crippen LogP contribution in [0, 0.1) is 0 Å². The van der Waals surface area contributed by atoms with Crippen molar-refractivity contribution in [3.8, 4) is 11.6 Å². The van der Waals surface area contributed by atoms with Crippen molar-refractivity contribution in [1.82, 2.24) is 14.7 Å². The highest BCUT2D eigenvalue weighted by molar-refractivity contribution is 6.43. The Morgan fingerprint density at radius 3 is 2.81 bits per heavy atom. The van der Waals surface area contributed by atoms with Crippen molar-refractivity contribution >= 4 is 29.2 Å². The minimum atomic E-state index is -0.497. The molecule has 3 rings (SSSR count). The van der Waals surface area contributed by atoms with E-state index in [9.17, 15) is 4.79 Å². The molecule has 27 heavy (non-hydrogen) atoms. The Hall–Kier alpha value is -1.80. The van der Waals surface area contributed by atoms with Crippen LogP contribution in [0.3, 0.4) is 0 Å². The second-order valence-electron chi connectivity index (χ2n) is 5.87. The van der Waals surface area contributed by atoms with E-state index in [-0.39, 0.29) is 18.1 Å². The quantitative estimate of drug-likeness (QED) is 0.649. The number of esters is 1. The van der Waals surface area contributed by atoms with Crippen LogP contribution in [0.15, 0.2) is 24.4 Å². The van der Waals surface area contributed by atoms with Crippen molar-refractivity contribution in [2.24, 2.45) is 0 Å². The van der Waals surface area contributed by atoms with E-state index < -0.39 is 5.97 Å². The lowest BCUT2D eigenvalue weighted by Crippen LogP contribution is -2.38. The highest BCUT2D eigenvalue weighted by Crippen LogP contribution is 2.32. The molecule has 0 unspecified atom stereocenters. The van der Waals surface area contributed by atoms with Crippen LogP contribution in [-0.2, 0) is 9.47 Å². The molecular formula is C18H21Cl2N3O4. The zero-order valence-corrected chi connectivity index (χ0v) is 16.5. The number of morpholine rings is 1. The van der Waals surface area contributed by atoms with E-state index in [4.69, 9.17) is 37.4 Å². The van der Waals surface area contributed by atoms with Gasteiger partial charge in [-0.25, -0.2) is 4.79 Å². The molecule has 0 bridgehead atoms. The van der Waals surface area contributed by atoms with Gasteiger partial charge in [0.15, 0.2) is 0 Å². The lowest BCUT2D eigenvalue weighted by atomic mass is 10.3. The Kier molecular flexibility index (Phi) is 6.95. The van der Waals surface area contributed by atoms with Crippen molar-refractivity contribution in [3.05, 3.63) is 40.0 Å². The summed E-state index contributed by atoms with van der Waals surface area (Å²) < 4.78 is 17.9. The van der Waals surface area contributed by atoms with Crippen LogP contribution in [0.2, 0.25) is 10.0 Å². The number of rotatable bonds is 7. The molecule has 0 amide bonds. The number of carbonyl (C=O) groups excluding carboxylic acids is 1. The SMILES string of the molecule is CCOC(=O)c1cnn(-c2cccc(Cl)c2Cl)c1OCCN1CCOCC1. The molecule has 9 heteroatoms. The fourth-order valence-electron chi connectivity index (χ4n) is 2.75. The van der Waals surface area contributed by atoms with E-state index >= 15 is 0 Å². The average molecular weight is 414 g/mol. The van der Waals surface area contributed by atoms with Crippen LogP contribution in [0.4, 0.5) is 0 Å². The van der Waals surface area contributed by atoms with Crippen LogP contribution >= 0.6 is 23.2 Å². The molecule has 7 nitrogen and oxygen atoms in total. The molecule has 1 aromatic heterocycles. The number of hydrogen-bond donors (Lipinski definition) is 0. The minimum absolute atomic E-state index is 0.245. The monoisotopic (exact) mass is 413 g/mol. The molecule has 1 fully saturated rings. The number of halogens is 2. The molecule has 0 saturated carbocycles. The van der Waals surface area contributed by atoms with E-state index in [0.717, 1.165) is 13.1 Å².